The minimum atomic E-state index is -3.34. The first kappa shape index (κ1) is 13.7. The highest BCUT2D eigenvalue weighted by molar-refractivity contribution is 7.90. The van der Waals surface area contributed by atoms with Gasteiger partial charge in [-0.25, -0.2) is 12.8 Å². The minimum absolute atomic E-state index is 0.136. The van der Waals surface area contributed by atoms with Gasteiger partial charge < -0.3 is 0 Å². The summed E-state index contributed by atoms with van der Waals surface area (Å²) in [5.41, 5.74) is 0.257. The van der Waals surface area contributed by atoms with Crippen LogP contribution in [0.2, 0.25) is 0 Å². The second kappa shape index (κ2) is 4.73. The molecule has 19 heavy (non-hydrogen) atoms. The lowest BCUT2D eigenvalue weighted by atomic mass is 10.1. The quantitative estimate of drug-likeness (QED) is 0.768. The Balaban J connectivity index is 2.26. The lowest BCUT2D eigenvalue weighted by Gasteiger charge is -2.14. The molecule has 1 atom stereocenters. The zero-order chi connectivity index (χ0) is 14.2. The molecule has 1 aromatic rings. The summed E-state index contributed by atoms with van der Waals surface area (Å²) in [6.07, 6.45) is 0.884. The number of hydrogen-bond acceptors (Lipinski definition) is 4. The predicted octanol–water partition coefficient (Wildman–Crippen LogP) is 0.750. The average molecular weight is 285 g/mol. The third-order valence-corrected chi connectivity index (χ3v) is 3.84. The van der Waals surface area contributed by atoms with Gasteiger partial charge in [-0.1, -0.05) is 0 Å². The predicted molar refractivity (Wildman–Crippen MR) is 66.7 cm³/mol. The normalized spacial score (nSPS) is 20.1. The molecule has 1 fully saturated rings. The summed E-state index contributed by atoms with van der Waals surface area (Å²) >= 11 is 0. The number of amides is 2. The van der Waals surface area contributed by atoms with E-state index >= 15 is 0 Å². The highest BCUT2D eigenvalue weighted by Crippen LogP contribution is 2.27. The zero-order valence-corrected chi connectivity index (χ0v) is 11.0. The average Bonchev–Trinajstić information content (AvgIpc) is 2.54. The Morgan fingerprint density at radius 1 is 1.26 bits per heavy atom. The summed E-state index contributed by atoms with van der Waals surface area (Å²) in [5.74, 6) is -2.70. The van der Waals surface area contributed by atoms with Crippen LogP contribution in [0, 0.1) is 11.7 Å². The Kier molecular flexibility index (Phi) is 3.40. The number of imide groups is 1. The lowest BCUT2D eigenvalue weighted by molar-refractivity contribution is -0.122. The fourth-order valence-electron chi connectivity index (χ4n) is 2.05. The van der Waals surface area contributed by atoms with Gasteiger partial charge in [-0.15, -0.1) is 0 Å². The van der Waals surface area contributed by atoms with Crippen molar-refractivity contribution in [3.8, 4) is 0 Å². The Hall–Kier alpha value is -1.76. The molecule has 0 radical (unpaired) electrons. The maximum atomic E-state index is 12.8. The molecule has 7 heteroatoms. The van der Waals surface area contributed by atoms with Crippen molar-refractivity contribution >= 4 is 27.3 Å². The van der Waals surface area contributed by atoms with Gasteiger partial charge in [-0.05, 0) is 24.3 Å². The maximum absolute atomic E-state index is 12.8. The molecule has 0 aliphatic carbocycles. The molecule has 1 aliphatic heterocycles. The van der Waals surface area contributed by atoms with E-state index in [1.54, 1.807) is 0 Å². The first-order valence-corrected chi connectivity index (χ1v) is 7.64. The van der Waals surface area contributed by atoms with Gasteiger partial charge >= 0.3 is 0 Å². The molecule has 1 unspecified atom stereocenters. The summed E-state index contributed by atoms with van der Waals surface area (Å²) in [6.45, 7) is 0. The molecule has 0 bridgehead atoms. The molecule has 0 saturated carbocycles. The van der Waals surface area contributed by atoms with Crippen LogP contribution in [-0.4, -0.2) is 32.2 Å². The summed E-state index contributed by atoms with van der Waals surface area (Å²) in [4.78, 5) is 24.7. The zero-order valence-electron chi connectivity index (χ0n) is 10.2. The van der Waals surface area contributed by atoms with Gasteiger partial charge in [0, 0.05) is 12.7 Å². The summed E-state index contributed by atoms with van der Waals surface area (Å²) in [7, 11) is -3.34. The van der Waals surface area contributed by atoms with Crippen molar-refractivity contribution < 1.29 is 22.4 Å². The molecule has 102 valence electrons. The molecule has 1 aliphatic rings. The van der Waals surface area contributed by atoms with Crippen molar-refractivity contribution in [1.29, 1.82) is 0 Å². The van der Waals surface area contributed by atoms with E-state index in [-0.39, 0.29) is 17.9 Å². The van der Waals surface area contributed by atoms with Crippen LogP contribution in [0.3, 0.4) is 0 Å². The molecular formula is C12H12FNO4S. The molecule has 1 saturated heterocycles. The van der Waals surface area contributed by atoms with Crippen molar-refractivity contribution in [2.75, 3.05) is 16.9 Å². The van der Waals surface area contributed by atoms with Gasteiger partial charge in [0.15, 0.2) is 0 Å². The SMILES string of the molecule is CS(=O)(=O)CC1CC(=O)N(c2ccc(F)cc2)C1=O. The number of carbonyl (C=O) groups excluding carboxylic acids is 2. The van der Waals surface area contributed by atoms with Gasteiger partial charge in [-0.3, -0.25) is 14.5 Å². The largest absolute Gasteiger partial charge is 0.274 e. The molecule has 0 N–H and O–H groups in total. The van der Waals surface area contributed by atoms with Gasteiger partial charge in [0.1, 0.15) is 15.7 Å². The Morgan fingerprint density at radius 3 is 2.37 bits per heavy atom. The standard InChI is InChI=1S/C12H12FNO4S/c1-19(17,18)7-8-6-11(15)14(12(8)16)10-4-2-9(13)3-5-10/h2-5,8H,6-7H2,1H3. The molecule has 0 aromatic heterocycles. The molecule has 1 aromatic carbocycles. The van der Waals surface area contributed by atoms with E-state index in [9.17, 15) is 22.4 Å². The first-order valence-electron chi connectivity index (χ1n) is 5.58. The van der Waals surface area contributed by atoms with Crippen LogP contribution in [-0.2, 0) is 19.4 Å². The minimum Gasteiger partial charge on any atom is -0.274 e. The molecule has 2 amide bonds. The van der Waals surface area contributed by atoms with Gasteiger partial charge in [0.05, 0.1) is 17.4 Å². The van der Waals surface area contributed by atoms with Crippen LogP contribution >= 0.6 is 0 Å². The molecule has 2 rings (SSSR count). The Bertz CT molecular complexity index is 624. The second-order valence-corrected chi connectivity index (χ2v) is 6.72. The van der Waals surface area contributed by atoms with Gasteiger partial charge in [-0.2, -0.15) is 0 Å². The fourth-order valence-corrected chi connectivity index (χ4v) is 3.04. The summed E-state index contributed by atoms with van der Waals surface area (Å²) in [6, 6.07) is 4.90. The van der Waals surface area contributed by atoms with E-state index in [1.165, 1.54) is 12.1 Å². The third-order valence-electron chi connectivity index (χ3n) is 2.83. The van der Waals surface area contributed by atoms with Crippen molar-refractivity contribution in [1.82, 2.24) is 0 Å². The van der Waals surface area contributed by atoms with E-state index in [4.69, 9.17) is 0 Å². The first-order chi connectivity index (χ1) is 8.78. The summed E-state index contributed by atoms with van der Waals surface area (Å²) in [5, 5.41) is 0. The number of halogens is 1. The van der Waals surface area contributed by atoms with Crippen molar-refractivity contribution in [3.63, 3.8) is 0 Å². The van der Waals surface area contributed by atoms with Crippen molar-refractivity contribution in [2.45, 2.75) is 6.42 Å². The third kappa shape index (κ3) is 2.98. The molecular weight excluding hydrogens is 273 g/mol. The van der Waals surface area contributed by atoms with Crippen LogP contribution < -0.4 is 4.90 Å². The van der Waals surface area contributed by atoms with E-state index in [2.05, 4.69) is 0 Å². The number of sulfone groups is 1. The number of rotatable bonds is 3. The van der Waals surface area contributed by atoms with Crippen molar-refractivity contribution in [3.05, 3.63) is 30.1 Å². The van der Waals surface area contributed by atoms with E-state index in [1.807, 2.05) is 0 Å². The Labute approximate surface area is 109 Å². The molecule has 5 nitrogen and oxygen atoms in total. The number of carbonyl (C=O) groups is 2. The molecule has 0 spiro atoms. The monoisotopic (exact) mass is 285 g/mol. The second-order valence-electron chi connectivity index (χ2n) is 4.54. The smallest absolute Gasteiger partial charge is 0.238 e. The number of nitrogens with zero attached hydrogens (tertiary/aromatic N) is 1. The lowest BCUT2D eigenvalue weighted by Crippen LogP contribution is -2.32. The maximum Gasteiger partial charge on any atom is 0.238 e. The summed E-state index contributed by atoms with van der Waals surface area (Å²) < 4.78 is 35.2. The number of hydrogen-bond donors (Lipinski definition) is 0. The fraction of sp³-hybridized carbons (Fsp3) is 0.333. The molecule has 1 heterocycles. The highest BCUT2D eigenvalue weighted by atomic mass is 32.2. The van der Waals surface area contributed by atoms with E-state index in [0.29, 0.717) is 0 Å². The van der Waals surface area contributed by atoms with E-state index < -0.39 is 33.4 Å². The Morgan fingerprint density at radius 2 is 1.84 bits per heavy atom. The van der Waals surface area contributed by atoms with Crippen LogP contribution in [0.5, 0.6) is 0 Å². The van der Waals surface area contributed by atoms with Gasteiger partial charge in [0.25, 0.3) is 0 Å². The van der Waals surface area contributed by atoms with Crippen LogP contribution in [0.15, 0.2) is 24.3 Å². The highest BCUT2D eigenvalue weighted by Gasteiger charge is 2.40. The van der Waals surface area contributed by atoms with Crippen LogP contribution in [0.1, 0.15) is 6.42 Å². The topological polar surface area (TPSA) is 71.5 Å². The van der Waals surface area contributed by atoms with Crippen LogP contribution in [0.4, 0.5) is 10.1 Å². The van der Waals surface area contributed by atoms with Gasteiger partial charge in [0.2, 0.25) is 11.8 Å². The number of benzene rings is 1. The van der Waals surface area contributed by atoms with Crippen molar-refractivity contribution in [2.24, 2.45) is 5.92 Å². The van der Waals surface area contributed by atoms with Crippen LogP contribution in [0.25, 0.3) is 0 Å². The van der Waals surface area contributed by atoms with E-state index in [0.717, 1.165) is 23.3 Å². The number of anilines is 1.